The lowest BCUT2D eigenvalue weighted by Crippen LogP contribution is -2.65. The van der Waals surface area contributed by atoms with Crippen LogP contribution in [0.5, 0.6) is 0 Å². The Morgan fingerprint density at radius 2 is 1.87 bits per heavy atom. The van der Waals surface area contributed by atoms with Gasteiger partial charge < -0.3 is 30.6 Å². The lowest BCUT2D eigenvalue weighted by Gasteiger charge is -2.64. The third-order valence-electron chi connectivity index (χ3n) is 12.9. The predicted molar refractivity (Wildman–Crippen MR) is 180 cm³/mol. The molecule has 10 heteroatoms. The number of nitrogen functional groups attached to an aromatic ring is 1. The lowest BCUT2D eigenvalue weighted by molar-refractivity contribution is -0.199. The van der Waals surface area contributed by atoms with Gasteiger partial charge in [0.25, 0.3) is 5.91 Å². The summed E-state index contributed by atoms with van der Waals surface area (Å²) in [6.07, 6.45) is 9.58. The predicted octanol–water partition coefficient (Wildman–Crippen LogP) is 5.13. The minimum atomic E-state index is -1.10. The maximum Gasteiger partial charge on any atom is 0.481 e. The molecule has 0 spiro atoms. The van der Waals surface area contributed by atoms with Gasteiger partial charge in [-0.15, -0.1) is 0 Å². The Morgan fingerprint density at radius 3 is 2.52 bits per heavy atom. The van der Waals surface area contributed by atoms with Gasteiger partial charge in [-0.05, 0) is 86.3 Å². The lowest BCUT2D eigenvalue weighted by atomic mass is 9.43. The van der Waals surface area contributed by atoms with E-state index >= 15 is 0 Å². The molecule has 2 saturated heterocycles. The molecule has 1 aromatic rings. The van der Waals surface area contributed by atoms with Gasteiger partial charge in [-0.2, -0.15) is 0 Å². The number of anilines is 1. The Balaban J connectivity index is 1.21. The van der Waals surface area contributed by atoms with E-state index in [1.54, 1.807) is 29.2 Å². The highest BCUT2D eigenvalue weighted by Crippen LogP contribution is 2.65. The van der Waals surface area contributed by atoms with Crippen LogP contribution in [0.3, 0.4) is 0 Å². The number of amides is 3. The molecule has 9 nitrogen and oxygen atoms in total. The van der Waals surface area contributed by atoms with Gasteiger partial charge in [0.15, 0.2) is 0 Å². The number of likely N-dealkylation sites (tertiary alicyclic amines) is 1. The summed E-state index contributed by atoms with van der Waals surface area (Å²) in [6, 6.07) is 6.17. The van der Waals surface area contributed by atoms with Crippen molar-refractivity contribution in [2.24, 2.45) is 29.1 Å². The maximum atomic E-state index is 14.5. The molecule has 4 N–H and O–H groups in total. The second-order valence-electron chi connectivity index (χ2n) is 16.1. The molecule has 252 valence electrons. The van der Waals surface area contributed by atoms with E-state index < -0.39 is 18.7 Å². The topological polar surface area (TPSA) is 123 Å². The molecule has 46 heavy (non-hydrogen) atoms. The fourth-order valence-corrected chi connectivity index (χ4v) is 9.64. The van der Waals surface area contributed by atoms with Crippen molar-refractivity contribution in [1.29, 1.82) is 0 Å². The van der Waals surface area contributed by atoms with Gasteiger partial charge in [-0.25, -0.2) is 0 Å². The van der Waals surface area contributed by atoms with Crippen LogP contribution in [0.25, 0.3) is 0 Å². The second kappa shape index (κ2) is 12.5. The van der Waals surface area contributed by atoms with E-state index in [1.807, 2.05) is 13.8 Å². The molecule has 1 aromatic carbocycles. The van der Waals surface area contributed by atoms with Crippen molar-refractivity contribution < 1.29 is 23.7 Å². The molecule has 6 unspecified atom stereocenters. The van der Waals surface area contributed by atoms with Crippen molar-refractivity contribution in [2.45, 2.75) is 135 Å². The van der Waals surface area contributed by atoms with Gasteiger partial charge in [0.2, 0.25) is 11.8 Å². The summed E-state index contributed by atoms with van der Waals surface area (Å²) < 4.78 is 13.3. The minimum Gasteiger partial charge on any atom is -0.404 e. The smallest absolute Gasteiger partial charge is 0.404 e. The van der Waals surface area contributed by atoms with Crippen molar-refractivity contribution in [3.63, 3.8) is 0 Å². The first-order valence-corrected chi connectivity index (χ1v) is 17.9. The molecular weight excluding hydrogens is 579 g/mol. The third kappa shape index (κ3) is 5.65. The van der Waals surface area contributed by atoms with Crippen LogP contribution in [-0.2, 0) is 18.9 Å². The normalized spacial score (nSPS) is 33.4. The molecule has 2 aliphatic heterocycles. The van der Waals surface area contributed by atoms with E-state index in [-0.39, 0.29) is 46.7 Å². The van der Waals surface area contributed by atoms with Crippen LogP contribution in [-0.4, -0.2) is 65.5 Å². The number of carbonyl (C=O) groups is 3. The first-order valence-electron chi connectivity index (χ1n) is 17.9. The van der Waals surface area contributed by atoms with Crippen LogP contribution in [0.2, 0.25) is 0 Å². The summed E-state index contributed by atoms with van der Waals surface area (Å²) in [5, 5.41) is 6.42. The summed E-state index contributed by atoms with van der Waals surface area (Å²) in [6.45, 7) is 13.3. The Bertz CT molecular complexity index is 1330. The number of nitrogens with one attached hydrogen (secondary N) is 2. The van der Waals surface area contributed by atoms with E-state index in [9.17, 15) is 14.4 Å². The standard InChI is InChI=1S/C36H55BN4O5/c1-7-30(37-45-29-21-25-20-28(34(25,4)5)35(29,6)46-37)39-32(43)27(18-23-12-9-8-10-13-23)41-17-16-36(22(2)3,33(41)44)40-31(42)24-14-11-15-26(38)19-24/h11,14-15,19,22-23,25,27-30H,7-10,12-13,16-18,20-21,38H2,1-6H3,(H,39,43)(H,40,42)/t25?,27-,28?,29?,30?,35?,36?/m0/s1. The van der Waals surface area contributed by atoms with Gasteiger partial charge in [0, 0.05) is 17.8 Å². The Kier molecular flexibility index (Phi) is 9.02. The van der Waals surface area contributed by atoms with Gasteiger partial charge >= 0.3 is 7.12 Å². The first-order chi connectivity index (χ1) is 21.8. The molecule has 6 aliphatic rings. The fraction of sp³-hybridized carbons (Fsp3) is 0.750. The first kappa shape index (κ1) is 33.3. The zero-order valence-electron chi connectivity index (χ0n) is 28.8. The van der Waals surface area contributed by atoms with Crippen molar-refractivity contribution in [3.05, 3.63) is 29.8 Å². The number of nitrogens with zero attached hydrogens (tertiary/aromatic N) is 1. The summed E-state index contributed by atoms with van der Waals surface area (Å²) in [5.74, 6) is 0.313. The van der Waals surface area contributed by atoms with Crippen LogP contribution in [0.15, 0.2) is 24.3 Å². The average molecular weight is 635 g/mol. The SMILES string of the molecule is CCC(NC(=O)[C@H](CC1CCCCC1)N1CCC(NC(=O)c2cccc(N)c2)(C(C)C)C1=O)B1OC2CC3CC(C3(C)C)C2(C)O1. The van der Waals surface area contributed by atoms with Crippen LogP contribution in [0, 0.1) is 29.1 Å². The van der Waals surface area contributed by atoms with E-state index in [0.717, 1.165) is 32.1 Å². The summed E-state index contributed by atoms with van der Waals surface area (Å²) in [4.78, 5) is 44.0. The number of benzene rings is 1. The minimum absolute atomic E-state index is 0.0358. The molecule has 0 radical (unpaired) electrons. The summed E-state index contributed by atoms with van der Waals surface area (Å²) in [5.41, 5.74) is 5.63. The van der Waals surface area contributed by atoms with Crippen LogP contribution in [0.4, 0.5) is 5.69 Å². The highest BCUT2D eigenvalue weighted by Gasteiger charge is 2.68. The largest absolute Gasteiger partial charge is 0.481 e. The van der Waals surface area contributed by atoms with Gasteiger partial charge in [0.1, 0.15) is 11.6 Å². The zero-order valence-corrected chi connectivity index (χ0v) is 28.8. The third-order valence-corrected chi connectivity index (χ3v) is 12.9. The molecular formula is C36H55BN4O5. The van der Waals surface area contributed by atoms with Crippen LogP contribution >= 0.6 is 0 Å². The maximum absolute atomic E-state index is 14.5. The summed E-state index contributed by atoms with van der Waals surface area (Å²) in [7, 11) is -0.518. The average Bonchev–Trinajstić information content (AvgIpc) is 3.55. The van der Waals surface area contributed by atoms with Gasteiger partial charge in [-0.3, -0.25) is 14.4 Å². The number of hydrogen-bond acceptors (Lipinski definition) is 6. The fourth-order valence-electron chi connectivity index (χ4n) is 9.64. The number of carbonyl (C=O) groups excluding carboxylic acids is 3. The number of nitrogens with two attached hydrogens (primary N) is 1. The van der Waals surface area contributed by atoms with Gasteiger partial charge in [0.05, 0.1) is 17.6 Å². The van der Waals surface area contributed by atoms with E-state index in [1.165, 1.54) is 12.8 Å². The molecule has 7 atom stereocenters. The Hall–Kier alpha value is -2.59. The molecule has 3 amide bonds. The molecule has 2 heterocycles. The monoisotopic (exact) mass is 634 g/mol. The molecule has 7 rings (SSSR count). The molecule has 4 aliphatic carbocycles. The van der Waals surface area contributed by atoms with Crippen molar-refractivity contribution >= 4 is 30.5 Å². The zero-order chi connectivity index (χ0) is 33.0. The van der Waals surface area contributed by atoms with Crippen molar-refractivity contribution in [1.82, 2.24) is 15.5 Å². The Morgan fingerprint density at radius 1 is 1.13 bits per heavy atom. The van der Waals surface area contributed by atoms with E-state index in [4.69, 9.17) is 15.0 Å². The highest BCUT2D eigenvalue weighted by molar-refractivity contribution is 6.47. The van der Waals surface area contributed by atoms with Crippen molar-refractivity contribution in [3.8, 4) is 0 Å². The van der Waals surface area contributed by atoms with E-state index in [2.05, 4.69) is 38.3 Å². The highest BCUT2D eigenvalue weighted by atomic mass is 16.7. The second-order valence-corrected chi connectivity index (χ2v) is 16.1. The summed E-state index contributed by atoms with van der Waals surface area (Å²) >= 11 is 0. The molecule has 6 fully saturated rings. The van der Waals surface area contributed by atoms with Gasteiger partial charge in [-0.1, -0.05) is 72.8 Å². The quantitative estimate of drug-likeness (QED) is 0.243. The number of rotatable bonds is 10. The van der Waals surface area contributed by atoms with E-state index in [0.29, 0.717) is 54.8 Å². The van der Waals surface area contributed by atoms with Crippen molar-refractivity contribution in [2.75, 3.05) is 12.3 Å². The van der Waals surface area contributed by atoms with Crippen LogP contribution in [0.1, 0.15) is 116 Å². The molecule has 2 bridgehead atoms. The Labute approximate surface area is 275 Å². The molecule has 4 saturated carbocycles. The van der Waals surface area contributed by atoms with Crippen LogP contribution < -0.4 is 16.4 Å². The molecule has 0 aromatic heterocycles. The number of hydrogen-bond donors (Lipinski definition) is 3.